The highest BCUT2D eigenvalue weighted by Gasteiger charge is 2.50. The Hall–Kier alpha value is -2.39. The van der Waals surface area contributed by atoms with E-state index in [9.17, 15) is 23.2 Å². The van der Waals surface area contributed by atoms with E-state index in [1.54, 1.807) is 6.92 Å². The molecule has 1 unspecified atom stereocenters. The Balaban J connectivity index is 1.94. The molecule has 2 aliphatic rings. The molecular formula is C17H17F2NO6. The van der Waals surface area contributed by atoms with E-state index in [1.165, 1.54) is 6.92 Å². The SMILES string of the molecule is CCOC(=O)C(CN1C(=O)c2c(F)ccc(F)c2C1=O)C1(C)OCCO1. The standard InChI is InChI=1S/C17H17F2NO6/c1-3-24-16(23)9(17(2)25-6-7-26-17)8-20-14(21)12-10(18)4-5-11(19)13(12)15(20)22/h4-5,9H,3,6-8H2,1-2H3. The van der Waals surface area contributed by atoms with Gasteiger partial charge in [-0.2, -0.15) is 0 Å². The molecule has 7 nitrogen and oxygen atoms in total. The number of carbonyl (C=O) groups is 3. The number of halogens is 2. The van der Waals surface area contributed by atoms with Crippen LogP contribution in [0.5, 0.6) is 0 Å². The van der Waals surface area contributed by atoms with E-state index in [-0.39, 0.29) is 19.8 Å². The van der Waals surface area contributed by atoms with Gasteiger partial charge in [-0.05, 0) is 26.0 Å². The summed E-state index contributed by atoms with van der Waals surface area (Å²) < 4.78 is 43.8. The Labute approximate surface area is 147 Å². The largest absolute Gasteiger partial charge is 0.466 e. The zero-order chi connectivity index (χ0) is 19.1. The summed E-state index contributed by atoms with van der Waals surface area (Å²) in [5, 5.41) is 0. The predicted octanol–water partition coefficient (Wildman–Crippen LogP) is 1.50. The number of fused-ring (bicyclic) bond motifs is 1. The Morgan fingerprint density at radius 3 is 2.15 bits per heavy atom. The number of rotatable bonds is 5. The van der Waals surface area contributed by atoms with Crippen LogP contribution in [0.25, 0.3) is 0 Å². The average Bonchev–Trinajstić information content (AvgIpc) is 3.13. The van der Waals surface area contributed by atoms with Crippen molar-refractivity contribution in [1.82, 2.24) is 4.90 Å². The van der Waals surface area contributed by atoms with E-state index in [1.807, 2.05) is 0 Å². The second-order valence-electron chi connectivity index (χ2n) is 6.02. The van der Waals surface area contributed by atoms with Crippen LogP contribution in [0.1, 0.15) is 34.6 Å². The van der Waals surface area contributed by atoms with Crippen molar-refractivity contribution in [1.29, 1.82) is 0 Å². The van der Waals surface area contributed by atoms with E-state index in [0.717, 1.165) is 12.1 Å². The lowest BCUT2D eigenvalue weighted by molar-refractivity contribution is -0.201. The normalized spacial score (nSPS) is 19.6. The summed E-state index contributed by atoms with van der Waals surface area (Å²) in [5.41, 5.74) is -1.29. The molecule has 0 spiro atoms. The highest BCUT2D eigenvalue weighted by atomic mass is 19.1. The van der Waals surface area contributed by atoms with Gasteiger partial charge in [-0.25, -0.2) is 8.78 Å². The third-order valence-corrected chi connectivity index (χ3v) is 4.45. The minimum Gasteiger partial charge on any atom is -0.466 e. The molecule has 1 aromatic carbocycles. The molecule has 1 aromatic rings. The molecular weight excluding hydrogens is 352 g/mol. The van der Waals surface area contributed by atoms with Gasteiger partial charge >= 0.3 is 5.97 Å². The van der Waals surface area contributed by atoms with Gasteiger partial charge in [0, 0.05) is 6.54 Å². The Morgan fingerprint density at radius 1 is 1.19 bits per heavy atom. The van der Waals surface area contributed by atoms with Crippen molar-refractivity contribution in [3.63, 3.8) is 0 Å². The van der Waals surface area contributed by atoms with Gasteiger partial charge in [-0.15, -0.1) is 0 Å². The number of imide groups is 1. The highest BCUT2D eigenvalue weighted by Crippen LogP contribution is 2.33. The van der Waals surface area contributed by atoms with Crippen molar-refractivity contribution >= 4 is 17.8 Å². The molecule has 0 radical (unpaired) electrons. The molecule has 140 valence electrons. The number of hydrogen-bond donors (Lipinski definition) is 0. The van der Waals surface area contributed by atoms with Crippen molar-refractivity contribution in [3.05, 3.63) is 34.9 Å². The van der Waals surface area contributed by atoms with Crippen molar-refractivity contribution in [2.24, 2.45) is 5.92 Å². The van der Waals surface area contributed by atoms with Gasteiger partial charge in [0.1, 0.15) is 17.6 Å². The van der Waals surface area contributed by atoms with Crippen molar-refractivity contribution in [2.75, 3.05) is 26.4 Å². The second kappa shape index (κ2) is 6.73. The molecule has 1 fully saturated rings. The van der Waals surface area contributed by atoms with E-state index < -0.39 is 58.8 Å². The number of carbonyl (C=O) groups excluding carboxylic acids is 3. The first-order chi connectivity index (χ1) is 12.3. The number of hydrogen-bond acceptors (Lipinski definition) is 6. The van der Waals surface area contributed by atoms with Crippen LogP contribution in [0.4, 0.5) is 8.78 Å². The summed E-state index contributed by atoms with van der Waals surface area (Å²) >= 11 is 0. The van der Waals surface area contributed by atoms with Crippen LogP contribution in [-0.2, 0) is 19.0 Å². The first-order valence-electron chi connectivity index (χ1n) is 8.09. The molecule has 0 aliphatic carbocycles. The molecule has 3 rings (SSSR count). The lowest BCUT2D eigenvalue weighted by atomic mass is 9.99. The zero-order valence-electron chi connectivity index (χ0n) is 14.2. The lowest BCUT2D eigenvalue weighted by Gasteiger charge is -2.32. The minimum atomic E-state index is -1.42. The Morgan fingerprint density at radius 2 is 1.69 bits per heavy atom. The van der Waals surface area contributed by atoms with Crippen LogP contribution in [-0.4, -0.2) is 54.8 Å². The molecule has 0 N–H and O–H groups in total. The third kappa shape index (κ3) is 2.86. The van der Waals surface area contributed by atoms with Crippen LogP contribution < -0.4 is 0 Å². The molecule has 26 heavy (non-hydrogen) atoms. The molecule has 2 aliphatic heterocycles. The molecule has 2 amide bonds. The average molecular weight is 369 g/mol. The fraction of sp³-hybridized carbons (Fsp3) is 0.471. The van der Waals surface area contributed by atoms with Crippen LogP contribution in [0.3, 0.4) is 0 Å². The maximum atomic E-state index is 14.0. The first kappa shape index (κ1) is 18.4. The summed E-state index contributed by atoms with van der Waals surface area (Å²) in [6.07, 6.45) is 0. The fourth-order valence-electron chi connectivity index (χ4n) is 3.11. The number of benzene rings is 1. The number of esters is 1. The van der Waals surface area contributed by atoms with E-state index in [2.05, 4.69) is 0 Å². The van der Waals surface area contributed by atoms with Crippen LogP contribution in [0, 0.1) is 17.6 Å². The van der Waals surface area contributed by atoms with Crippen molar-refractivity contribution in [3.8, 4) is 0 Å². The van der Waals surface area contributed by atoms with Crippen molar-refractivity contribution in [2.45, 2.75) is 19.6 Å². The van der Waals surface area contributed by atoms with Crippen LogP contribution >= 0.6 is 0 Å². The van der Waals surface area contributed by atoms with Crippen LogP contribution in [0.15, 0.2) is 12.1 Å². The number of amides is 2. The van der Waals surface area contributed by atoms with Gasteiger partial charge < -0.3 is 14.2 Å². The zero-order valence-corrected chi connectivity index (χ0v) is 14.2. The highest BCUT2D eigenvalue weighted by molar-refractivity contribution is 6.21. The van der Waals surface area contributed by atoms with Gasteiger partial charge in [0.2, 0.25) is 0 Å². The summed E-state index contributed by atoms with van der Waals surface area (Å²) in [4.78, 5) is 37.9. The molecule has 9 heteroatoms. The van der Waals surface area contributed by atoms with Gasteiger partial charge in [0.05, 0.1) is 30.9 Å². The Kier molecular flexibility index (Phi) is 4.76. The summed E-state index contributed by atoms with van der Waals surface area (Å²) in [7, 11) is 0. The smallest absolute Gasteiger partial charge is 0.316 e. The summed E-state index contributed by atoms with van der Waals surface area (Å²) in [5.74, 6) is -7.37. The fourth-order valence-corrected chi connectivity index (χ4v) is 3.11. The van der Waals surface area contributed by atoms with E-state index >= 15 is 0 Å². The third-order valence-electron chi connectivity index (χ3n) is 4.45. The summed E-state index contributed by atoms with van der Waals surface area (Å²) in [6, 6.07) is 1.55. The molecule has 0 saturated carbocycles. The van der Waals surface area contributed by atoms with Gasteiger partial charge in [0.25, 0.3) is 11.8 Å². The second-order valence-corrected chi connectivity index (χ2v) is 6.02. The predicted molar refractivity (Wildman–Crippen MR) is 82.2 cm³/mol. The first-order valence-corrected chi connectivity index (χ1v) is 8.09. The minimum absolute atomic E-state index is 0.0663. The van der Waals surface area contributed by atoms with Crippen LogP contribution in [0.2, 0.25) is 0 Å². The van der Waals surface area contributed by atoms with Crippen molar-refractivity contribution < 1.29 is 37.4 Å². The molecule has 0 bridgehead atoms. The van der Waals surface area contributed by atoms with E-state index in [4.69, 9.17) is 14.2 Å². The Bertz CT molecular complexity index is 734. The molecule has 2 heterocycles. The quantitative estimate of drug-likeness (QED) is 0.578. The maximum absolute atomic E-state index is 14.0. The van der Waals surface area contributed by atoms with Gasteiger partial charge in [0.15, 0.2) is 5.79 Å². The molecule has 0 aromatic heterocycles. The van der Waals surface area contributed by atoms with E-state index in [0.29, 0.717) is 4.90 Å². The molecule has 1 atom stereocenters. The maximum Gasteiger partial charge on any atom is 0.316 e. The topological polar surface area (TPSA) is 82.1 Å². The summed E-state index contributed by atoms with van der Waals surface area (Å²) in [6.45, 7) is 3.11. The lowest BCUT2D eigenvalue weighted by Crippen LogP contribution is -2.49. The number of nitrogens with zero attached hydrogens (tertiary/aromatic N) is 1. The molecule has 1 saturated heterocycles. The monoisotopic (exact) mass is 369 g/mol. The number of ether oxygens (including phenoxy) is 3. The van der Waals surface area contributed by atoms with Gasteiger partial charge in [-0.1, -0.05) is 0 Å². The van der Waals surface area contributed by atoms with Gasteiger partial charge in [-0.3, -0.25) is 19.3 Å².